The van der Waals surface area contributed by atoms with Gasteiger partial charge in [-0.15, -0.1) is 0 Å². The second kappa shape index (κ2) is 5.85. The minimum atomic E-state index is -0.526. The first-order valence-electron chi connectivity index (χ1n) is 7.18. The van der Waals surface area contributed by atoms with Gasteiger partial charge < -0.3 is 14.2 Å². The zero-order valence-corrected chi connectivity index (χ0v) is 11.9. The summed E-state index contributed by atoms with van der Waals surface area (Å²) in [6.45, 7) is 0. The summed E-state index contributed by atoms with van der Waals surface area (Å²) in [6, 6.07) is 8.79. The zero-order chi connectivity index (χ0) is 14.8. The molecule has 112 valence electrons. The molecule has 2 aliphatic rings. The predicted octanol–water partition coefficient (Wildman–Crippen LogP) is 1.95. The number of methoxy groups -OCH3 is 1. The van der Waals surface area contributed by atoms with Gasteiger partial charge in [-0.1, -0.05) is 18.2 Å². The molecule has 0 aliphatic carbocycles. The summed E-state index contributed by atoms with van der Waals surface area (Å²) in [6.07, 6.45) is 1.65. The van der Waals surface area contributed by atoms with Crippen molar-refractivity contribution in [3.05, 3.63) is 35.9 Å². The number of rotatable bonds is 3. The van der Waals surface area contributed by atoms with E-state index in [-0.39, 0.29) is 18.2 Å². The molecule has 0 radical (unpaired) electrons. The Balaban J connectivity index is 1.76. The number of benzene rings is 1. The number of ether oxygens (including phenoxy) is 3. The molecule has 2 fully saturated rings. The summed E-state index contributed by atoms with van der Waals surface area (Å²) in [4.78, 5) is 24.2. The third kappa shape index (κ3) is 2.78. The lowest BCUT2D eigenvalue weighted by molar-refractivity contribution is -0.166. The van der Waals surface area contributed by atoms with Gasteiger partial charge in [0.15, 0.2) is 0 Å². The van der Waals surface area contributed by atoms with Gasteiger partial charge in [-0.3, -0.25) is 4.79 Å². The predicted molar refractivity (Wildman–Crippen MR) is 73.7 cm³/mol. The lowest BCUT2D eigenvalue weighted by Crippen LogP contribution is -2.46. The average Bonchev–Trinajstić information content (AvgIpc) is 2.89. The lowest BCUT2D eigenvalue weighted by atomic mass is 9.92. The Kier molecular flexibility index (Phi) is 3.92. The van der Waals surface area contributed by atoms with E-state index in [0.717, 1.165) is 12.8 Å². The number of hydrogen-bond donors (Lipinski definition) is 0. The molecule has 5 heteroatoms. The number of fused-ring (bicyclic) bond motifs is 2. The molecule has 1 aromatic rings. The van der Waals surface area contributed by atoms with E-state index in [1.54, 1.807) is 24.3 Å². The van der Waals surface area contributed by atoms with Crippen molar-refractivity contribution in [2.24, 2.45) is 5.92 Å². The van der Waals surface area contributed by atoms with Crippen LogP contribution in [-0.4, -0.2) is 37.4 Å². The SMILES string of the molecule is COC(=O)[C@@H]1[C@@H](OC(=O)c2ccccc2)C[C@H]2CC[C@@H]1O2. The molecule has 2 saturated heterocycles. The van der Waals surface area contributed by atoms with E-state index in [1.165, 1.54) is 7.11 Å². The summed E-state index contributed by atoms with van der Waals surface area (Å²) in [5.74, 6) is -1.30. The molecule has 0 spiro atoms. The van der Waals surface area contributed by atoms with E-state index in [9.17, 15) is 9.59 Å². The Morgan fingerprint density at radius 1 is 1.19 bits per heavy atom. The van der Waals surface area contributed by atoms with Gasteiger partial charge in [0, 0.05) is 6.42 Å². The van der Waals surface area contributed by atoms with Gasteiger partial charge in [0.2, 0.25) is 0 Å². The standard InChI is InChI=1S/C16H18O5/c1-19-16(18)14-12-8-7-11(20-12)9-13(14)21-15(17)10-5-3-2-4-6-10/h2-6,11-14H,7-9H2,1H3/t11-,12+,13+,14+/m1/s1. The van der Waals surface area contributed by atoms with Crippen LogP contribution in [-0.2, 0) is 19.0 Å². The minimum Gasteiger partial charge on any atom is -0.469 e. The Hall–Kier alpha value is -1.88. The van der Waals surface area contributed by atoms with Crippen molar-refractivity contribution < 1.29 is 23.8 Å². The number of hydrogen-bond acceptors (Lipinski definition) is 5. The van der Waals surface area contributed by atoms with Crippen molar-refractivity contribution in [3.63, 3.8) is 0 Å². The van der Waals surface area contributed by atoms with Gasteiger partial charge in [-0.05, 0) is 25.0 Å². The zero-order valence-electron chi connectivity index (χ0n) is 11.9. The van der Waals surface area contributed by atoms with Crippen LogP contribution in [0.15, 0.2) is 30.3 Å². The highest BCUT2D eigenvalue weighted by molar-refractivity contribution is 5.89. The first kappa shape index (κ1) is 14.1. The summed E-state index contributed by atoms with van der Waals surface area (Å²) in [5.41, 5.74) is 0.486. The first-order valence-corrected chi connectivity index (χ1v) is 7.18. The van der Waals surface area contributed by atoms with Crippen LogP contribution in [0.3, 0.4) is 0 Å². The smallest absolute Gasteiger partial charge is 0.338 e. The van der Waals surface area contributed by atoms with Gasteiger partial charge in [0.05, 0.1) is 24.9 Å². The van der Waals surface area contributed by atoms with Crippen molar-refractivity contribution in [1.82, 2.24) is 0 Å². The third-order valence-electron chi connectivity index (χ3n) is 4.18. The molecule has 2 heterocycles. The third-order valence-corrected chi connectivity index (χ3v) is 4.18. The summed E-state index contributed by atoms with van der Waals surface area (Å²) in [5, 5.41) is 0. The van der Waals surface area contributed by atoms with Gasteiger partial charge >= 0.3 is 11.9 Å². The van der Waals surface area contributed by atoms with Crippen molar-refractivity contribution >= 4 is 11.9 Å². The van der Waals surface area contributed by atoms with Crippen LogP contribution in [0.5, 0.6) is 0 Å². The van der Waals surface area contributed by atoms with Crippen LogP contribution in [0.4, 0.5) is 0 Å². The van der Waals surface area contributed by atoms with Crippen LogP contribution in [0.1, 0.15) is 29.6 Å². The first-order chi connectivity index (χ1) is 10.2. The highest BCUT2D eigenvalue weighted by Crippen LogP contribution is 2.38. The van der Waals surface area contributed by atoms with Gasteiger partial charge in [-0.2, -0.15) is 0 Å². The molecule has 0 unspecified atom stereocenters. The maximum Gasteiger partial charge on any atom is 0.338 e. The molecule has 2 aliphatic heterocycles. The topological polar surface area (TPSA) is 61.8 Å². The maximum atomic E-state index is 12.2. The molecule has 0 amide bonds. The van der Waals surface area contributed by atoms with E-state index in [2.05, 4.69) is 0 Å². The maximum absolute atomic E-state index is 12.2. The highest BCUT2D eigenvalue weighted by atomic mass is 16.6. The van der Waals surface area contributed by atoms with Crippen LogP contribution in [0, 0.1) is 5.92 Å². The molecule has 2 bridgehead atoms. The molecule has 1 aromatic carbocycles. The van der Waals surface area contributed by atoms with Crippen molar-refractivity contribution in [1.29, 1.82) is 0 Å². The monoisotopic (exact) mass is 290 g/mol. The molecular formula is C16H18O5. The number of carbonyl (C=O) groups is 2. The fraction of sp³-hybridized carbons (Fsp3) is 0.500. The second-order valence-corrected chi connectivity index (χ2v) is 5.47. The Bertz CT molecular complexity index is 527. The van der Waals surface area contributed by atoms with Crippen LogP contribution < -0.4 is 0 Å². The molecule has 0 saturated carbocycles. The highest BCUT2D eigenvalue weighted by Gasteiger charge is 2.49. The minimum absolute atomic E-state index is 0.0736. The van der Waals surface area contributed by atoms with Crippen molar-refractivity contribution in [2.45, 2.75) is 37.6 Å². The molecule has 4 atom stereocenters. The Labute approximate surface area is 123 Å². The largest absolute Gasteiger partial charge is 0.469 e. The Morgan fingerprint density at radius 3 is 2.67 bits per heavy atom. The van der Waals surface area contributed by atoms with Gasteiger partial charge in [-0.25, -0.2) is 4.79 Å². The van der Waals surface area contributed by atoms with Crippen molar-refractivity contribution in [3.8, 4) is 0 Å². The van der Waals surface area contributed by atoms with E-state index < -0.39 is 18.0 Å². The Morgan fingerprint density at radius 2 is 1.95 bits per heavy atom. The number of esters is 2. The van der Waals surface area contributed by atoms with E-state index in [4.69, 9.17) is 14.2 Å². The van der Waals surface area contributed by atoms with Crippen LogP contribution in [0.2, 0.25) is 0 Å². The molecule has 21 heavy (non-hydrogen) atoms. The van der Waals surface area contributed by atoms with Gasteiger partial charge in [0.25, 0.3) is 0 Å². The second-order valence-electron chi connectivity index (χ2n) is 5.47. The summed E-state index contributed by atoms with van der Waals surface area (Å²) < 4.78 is 16.2. The van der Waals surface area contributed by atoms with Crippen LogP contribution in [0.25, 0.3) is 0 Å². The molecule has 5 nitrogen and oxygen atoms in total. The van der Waals surface area contributed by atoms with E-state index in [1.807, 2.05) is 6.07 Å². The fourth-order valence-corrected chi connectivity index (χ4v) is 3.16. The summed E-state index contributed by atoms with van der Waals surface area (Å²) in [7, 11) is 1.35. The average molecular weight is 290 g/mol. The molecule has 0 aromatic heterocycles. The summed E-state index contributed by atoms with van der Waals surface area (Å²) >= 11 is 0. The van der Waals surface area contributed by atoms with Gasteiger partial charge in [0.1, 0.15) is 12.0 Å². The van der Waals surface area contributed by atoms with E-state index in [0.29, 0.717) is 12.0 Å². The molecule has 0 N–H and O–H groups in total. The lowest BCUT2D eigenvalue weighted by Gasteiger charge is -2.34. The number of carbonyl (C=O) groups excluding carboxylic acids is 2. The van der Waals surface area contributed by atoms with Crippen molar-refractivity contribution in [2.75, 3.05) is 7.11 Å². The fourth-order valence-electron chi connectivity index (χ4n) is 3.16. The quantitative estimate of drug-likeness (QED) is 0.796. The van der Waals surface area contributed by atoms with E-state index >= 15 is 0 Å². The van der Waals surface area contributed by atoms with Crippen LogP contribution >= 0.6 is 0 Å². The molecular weight excluding hydrogens is 272 g/mol. The molecule has 3 rings (SSSR count). The normalized spacial score (nSPS) is 30.7.